The summed E-state index contributed by atoms with van der Waals surface area (Å²) in [6, 6.07) is 93.2. The number of benzene rings is 11. The number of pyridine rings is 1. The lowest BCUT2D eigenvalue weighted by molar-refractivity contribution is 0.104. The predicted octanol–water partition coefficient (Wildman–Crippen LogP) is 19.8. The molecule has 0 unspecified atom stereocenters. The maximum atomic E-state index is 11.9. The SMILES string of the molecule is O=C1c2ccccc2-c2ccccc21.c1ccc2c(c1)Cc1ccccc1-2.c1ccc2c(c1)[nH]c1ccccc12.c1ccc2c(c1)[nH]c1cnccc12.c1ccc2c(c1)oc1ccccc12.c1ccc2c(c1)sc1ccccc12. The van der Waals surface area contributed by atoms with Crippen LogP contribution < -0.4 is 0 Å². The van der Waals surface area contributed by atoms with Gasteiger partial charge in [0.1, 0.15) is 11.2 Å². The number of ketones is 1. The van der Waals surface area contributed by atoms with Gasteiger partial charge in [-0.2, -0.15) is 0 Å². The molecule has 0 saturated heterocycles. The molecule has 376 valence electrons. The summed E-state index contributed by atoms with van der Waals surface area (Å²) in [5, 5.41) is 10.3. The van der Waals surface area contributed by atoms with Crippen LogP contribution in [0.1, 0.15) is 27.0 Å². The highest BCUT2D eigenvalue weighted by molar-refractivity contribution is 7.25. The van der Waals surface area contributed by atoms with Crippen molar-refractivity contribution in [3.05, 3.63) is 308 Å². The number of nitrogens with one attached hydrogen (secondary N) is 2. The minimum Gasteiger partial charge on any atom is -0.456 e. The molecule has 18 rings (SSSR count). The summed E-state index contributed by atoms with van der Waals surface area (Å²) in [6.45, 7) is 0. The fraction of sp³-hybridized carbons (Fsp3) is 0.0137. The minimum atomic E-state index is 0.149. The number of thiophene rings is 1. The Bertz CT molecular complexity index is 4110. The summed E-state index contributed by atoms with van der Waals surface area (Å²) < 4.78 is 8.41. The number of aromatic amines is 2. The van der Waals surface area contributed by atoms with Crippen LogP contribution in [0.2, 0.25) is 0 Å². The van der Waals surface area contributed by atoms with E-state index in [0.717, 1.165) is 45.4 Å². The Morgan fingerprint density at radius 2 is 0.658 bits per heavy atom. The summed E-state index contributed by atoms with van der Waals surface area (Å²) in [5.41, 5.74) is 16.2. The molecule has 0 bridgehead atoms. The van der Waals surface area contributed by atoms with E-state index >= 15 is 0 Å². The first-order valence-electron chi connectivity index (χ1n) is 26.5. The van der Waals surface area contributed by atoms with Gasteiger partial charge in [0.25, 0.3) is 0 Å². The number of hydrogen-bond acceptors (Lipinski definition) is 4. The summed E-state index contributed by atoms with van der Waals surface area (Å²) in [5.74, 6) is 0.149. The Balaban J connectivity index is 0.0000000899. The average molecular weight is 1030 g/mol. The predicted molar refractivity (Wildman–Crippen MR) is 332 cm³/mol. The smallest absolute Gasteiger partial charge is 0.194 e. The molecule has 5 heterocycles. The first-order valence-corrected chi connectivity index (χ1v) is 27.3. The van der Waals surface area contributed by atoms with Crippen LogP contribution >= 0.6 is 11.3 Å². The normalized spacial score (nSPS) is 11.5. The molecule has 16 aromatic rings. The summed E-state index contributed by atoms with van der Waals surface area (Å²) in [6.07, 6.45) is 4.78. The first-order chi connectivity index (χ1) is 39.1. The van der Waals surface area contributed by atoms with Crippen LogP contribution in [0.25, 0.3) is 108 Å². The van der Waals surface area contributed by atoms with E-state index in [-0.39, 0.29) is 5.78 Å². The van der Waals surface area contributed by atoms with Gasteiger partial charge in [0, 0.05) is 86.4 Å². The van der Waals surface area contributed by atoms with Crippen molar-refractivity contribution in [2.45, 2.75) is 6.42 Å². The van der Waals surface area contributed by atoms with Gasteiger partial charge < -0.3 is 14.4 Å². The fourth-order valence-corrected chi connectivity index (χ4v) is 12.0. The van der Waals surface area contributed by atoms with Gasteiger partial charge in [0.2, 0.25) is 0 Å². The zero-order valence-electron chi connectivity index (χ0n) is 43.0. The molecule has 0 fully saturated rings. The topological polar surface area (TPSA) is 74.7 Å². The highest BCUT2D eigenvalue weighted by Gasteiger charge is 2.25. The number of fused-ring (bicyclic) bond motifs is 18. The molecular formula is C73H51N3O2S. The van der Waals surface area contributed by atoms with Crippen LogP contribution in [-0.4, -0.2) is 20.7 Å². The molecule has 79 heavy (non-hydrogen) atoms. The largest absolute Gasteiger partial charge is 0.456 e. The van der Waals surface area contributed by atoms with Crippen LogP contribution in [0.15, 0.2) is 290 Å². The third-order valence-electron chi connectivity index (χ3n) is 14.6. The van der Waals surface area contributed by atoms with Gasteiger partial charge in [-0.05, 0) is 88.3 Å². The van der Waals surface area contributed by atoms with Gasteiger partial charge in [-0.25, -0.2) is 0 Å². The van der Waals surface area contributed by atoms with Crippen LogP contribution in [0, 0.1) is 0 Å². The van der Waals surface area contributed by atoms with Gasteiger partial charge in [0.15, 0.2) is 5.78 Å². The zero-order valence-corrected chi connectivity index (χ0v) is 43.8. The van der Waals surface area contributed by atoms with Crippen molar-refractivity contribution in [2.24, 2.45) is 0 Å². The van der Waals surface area contributed by atoms with Gasteiger partial charge >= 0.3 is 0 Å². The molecule has 0 amide bonds. The van der Waals surface area contributed by atoms with Crippen molar-refractivity contribution in [3.63, 3.8) is 0 Å². The standard InChI is InChI=1S/C13H8O.C13H10.C12H9N.C12H8O.C12H8S.C11H8N2/c14-13-11-7-3-1-5-9(11)10-6-2-4-8-12(10)13;1-3-7-12-10(5-1)9-11-6-2-4-8-13(11)12;3*1-3-7-11-9(5-1)10-6-2-4-8-12(10)13-11;1-2-4-10-8(3-1)9-5-6-12-7-11(9)13-10/h1-8H;1-8H,9H2;1-8,13H;2*1-8H;1-7,13H. The van der Waals surface area contributed by atoms with Gasteiger partial charge in [-0.3, -0.25) is 9.78 Å². The molecule has 6 heteroatoms. The summed E-state index contributed by atoms with van der Waals surface area (Å²) in [4.78, 5) is 22.7. The highest BCUT2D eigenvalue weighted by atomic mass is 32.1. The van der Waals surface area contributed by atoms with Crippen LogP contribution in [-0.2, 0) is 6.42 Å². The average Bonchev–Trinajstić information content (AvgIpc) is 4.39. The van der Waals surface area contributed by atoms with Crippen LogP contribution in [0.4, 0.5) is 0 Å². The van der Waals surface area contributed by atoms with E-state index < -0.39 is 0 Å². The lowest BCUT2D eigenvalue weighted by Gasteiger charge is -1.98. The molecule has 5 nitrogen and oxygen atoms in total. The Labute approximate surface area is 460 Å². The van der Waals surface area contributed by atoms with Gasteiger partial charge in [0.05, 0.1) is 11.7 Å². The van der Waals surface area contributed by atoms with Gasteiger partial charge in [-0.15, -0.1) is 11.3 Å². The minimum absolute atomic E-state index is 0.149. The number of carbonyl (C=O) groups is 1. The van der Waals surface area contributed by atoms with Crippen molar-refractivity contribution < 1.29 is 9.21 Å². The van der Waals surface area contributed by atoms with E-state index in [2.05, 4.69) is 191 Å². The lowest BCUT2D eigenvalue weighted by Crippen LogP contribution is -1.93. The monoisotopic (exact) mass is 1030 g/mol. The van der Waals surface area contributed by atoms with E-state index in [4.69, 9.17) is 4.42 Å². The molecule has 2 aliphatic carbocycles. The number of nitrogens with zero attached hydrogens (tertiary/aromatic N) is 1. The van der Waals surface area contributed by atoms with E-state index in [1.54, 1.807) is 0 Å². The second-order valence-corrected chi connectivity index (χ2v) is 20.5. The summed E-state index contributed by atoms with van der Waals surface area (Å²) >= 11 is 1.86. The number of hydrogen-bond donors (Lipinski definition) is 2. The Hall–Kier alpha value is -10.1. The van der Waals surface area contributed by atoms with Gasteiger partial charge in [-0.1, -0.05) is 224 Å². The Kier molecular flexibility index (Phi) is 13.4. The highest BCUT2D eigenvalue weighted by Crippen LogP contribution is 2.38. The zero-order chi connectivity index (χ0) is 52.9. The molecule has 0 atom stereocenters. The second-order valence-electron chi connectivity index (χ2n) is 19.4. The maximum Gasteiger partial charge on any atom is 0.194 e. The van der Waals surface area contributed by atoms with E-state index in [1.807, 2.05) is 121 Å². The molecule has 0 radical (unpaired) electrons. The number of H-pyrrole nitrogens is 2. The number of rotatable bonds is 0. The van der Waals surface area contributed by atoms with E-state index in [1.165, 1.54) is 91.3 Å². The third-order valence-corrected chi connectivity index (χ3v) is 15.8. The number of furan rings is 1. The quantitative estimate of drug-likeness (QED) is 0.159. The van der Waals surface area contributed by atoms with Crippen molar-refractivity contribution in [1.29, 1.82) is 0 Å². The fourth-order valence-electron chi connectivity index (χ4n) is 10.9. The molecule has 2 aliphatic rings. The van der Waals surface area contributed by atoms with Crippen molar-refractivity contribution >= 4 is 103 Å². The molecule has 11 aromatic carbocycles. The maximum absolute atomic E-state index is 11.9. The molecule has 0 aliphatic heterocycles. The Morgan fingerprint density at radius 1 is 0.316 bits per heavy atom. The lowest BCUT2D eigenvalue weighted by atomic mass is 10.1. The van der Waals surface area contributed by atoms with Crippen LogP contribution in [0.3, 0.4) is 0 Å². The molecule has 0 saturated carbocycles. The third kappa shape index (κ3) is 9.74. The number of aromatic nitrogens is 3. The first kappa shape index (κ1) is 48.5. The molecule has 5 aromatic heterocycles. The van der Waals surface area contributed by atoms with E-state index in [0.29, 0.717) is 0 Å². The molecular weight excluding hydrogens is 983 g/mol. The van der Waals surface area contributed by atoms with Crippen molar-refractivity contribution in [3.8, 4) is 22.3 Å². The van der Waals surface area contributed by atoms with Crippen LogP contribution in [0.5, 0.6) is 0 Å². The summed E-state index contributed by atoms with van der Waals surface area (Å²) in [7, 11) is 0. The van der Waals surface area contributed by atoms with Crippen molar-refractivity contribution in [1.82, 2.24) is 15.0 Å². The van der Waals surface area contributed by atoms with Crippen molar-refractivity contribution in [2.75, 3.05) is 0 Å². The second kappa shape index (κ2) is 21.8. The number of carbonyl (C=O) groups excluding carboxylic acids is 1. The Morgan fingerprint density at radius 3 is 1.14 bits per heavy atom. The molecule has 2 N–H and O–H groups in total. The molecule has 0 spiro atoms. The number of para-hydroxylation sites is 5. The van der Waals surface area contributed by atoms with E-state index in [9.17, 15) is 4.79 Å².